The predicted molar refractivity (Wildman–Crippen MR) is 119 cm³/mol. The first-order valence-corrected chi connectivity index (χ1v) is 10.7. The van der Waals surface area contributed by atoms with Gasteiger partial charge in [0.1, 0.15) is 11.8 Å². The minimum absolute atomic E-state index is 0.0382. The van der Waals surface area contributed by atoms with E-state index >= 15 is 0 Å². The van der Waals surface area contributed by atoms with Gasteiger partial charge < -0.3 is 20.9 Å². The lowest BCUT2D eigenvalue weighted by Gasteiger charge is -2.31. The lowest BCUT2D eigenvalue weighted by molar-refractivity contribution is -0.144. The van der Waals surface area contributed by atoms with Gasteiger partial charge in [-0.2, -0.15) is 0 Å². The standard InChI is InChI=1S/C22H42N4O4/c1-14(2)19(28)25-16(4)12-15(3)21(30)26(9)17(13-18(27)22(5,6)7)20(29)24-11-10-23-8/h14-17,23H,10-13H2,1-9H3,(H,24,29)(H,25,28). The lowest BCUT2D eigenvalue weighted by atomic mass is 9.86. The Morgan fingerprint density at radius 1 is 0.933 bits per heavy atom. The van der Waals surface area contributed by atoms with Crippen LogP contribution in [0.5, 0.6) is 0 Å². The van der Waals surface area contributed by atoms with E-state index in [1.807, 2.05) is 20.8 Å². The van der Waals surface area contributed by atoms with Crippen LogP contribution in [-0.2, 0) is 19.2 Å². The van der Waals surface area contributed by atoms with Crippen LogP contribution in [0.4, 0.5) is 0 Å². The van der Waals surface area contributed by atoms with Gasteiger partial charge in [-0.3, -0.25) is 19.2 Å². The van der Waals surface area contributed by atoms with Gasteiger partial charge in [0.15, 0.2) is 0 Å². The molecule has 174 valence electrons. The van der Waals surface area contributed by atoms with Crippen molar-refractivity contribution in [1.82, 2.24) is 20.9 Å². The molecule has 0 rings (SSSR count). The molecule has 0 radical (unpaired) electrons. The third kappa shape index (κ3) is 9.69. The highest BCUT2D eigenvalue weighted by atomic mass is 16.2. The fraction of sp³-hybridized carbons (Fsp3) is 0.818. The average molecular weight is 427 g/mol. The van der Waals surface area contributed by atoms with Gasteiger partial charge in [0.2, 0.25) is 17.7 Å². The Labute approximate surface area is 181 Å². The fourth-order valence-electron chi connectivity index (χ4n) is 2.92. The van der Waals surface area contributed by atoms with Gasteiger partial charge in [-0.15, -0.1) is 0 Å². The molecule has 0 bridgehead atoms. The first kappa shape index (κ1) is 28.0. The summed E-state index contributed by atoms with van der Waals surface area (Å²) in [4.78, 5) is 51.6. The maximum Gasteiger partial charge on any atom is 0.243 e. The van der Waals surface area contributed by atoms with Gasteiger partial charge in [-0.25, -0.2) is 0 Å². The highest BCUT2D eigenvalue weighted by Crippen LogP contribution is 2.21. The Morgan fingerprint density at radius 2 is 1.50 bits per heavy atom. The highest BCUT2D eigenvalue weighted by molar-refractivity contribution is 5.94. The second kappa shape index (κ2) is 12.7. The third-order valence-electron chi connectivity index (χ3n) is 5.05. The minimum atomic E-state index is -0.871. The number of amides is 3. The van der Waals surface area contributed by atoms with Gasteiger partial charge in [0.25, 0.3) is 0 Å². The van der Waals surface area contributed by atoms with E-state index in [4.69, 9.17) is 0 Å². The van der Waals surface area contributed by atoms with Gasteiger partial charge in [-0.1, -0.05) is 41.5 Å². The van der Waals surface area contributed by atoms with Crippen LogP contribution in [0.1, 0.15) is 61.3 Å². The second-order valence-corrected chi connectivity index (χ2v) is 9.44. The highest BCUT2D eigenvalue weighted by Gasteiger charge is 2.34. The predicted octanol–water partition coefficient (Wildman–Crippen LogP) is 1.34. The van der Waals surface area contributed by atoms with Crippen LogP contribution in [0.25, 0.3) is 0 Å². The van der Waals surface area contributed by atoms with Gasteiger partial charge in [-0.05, 0) is 20.4 Å². The topological polar surface area (TPSA) is 108 Å². The molecule has 3 N–H and O–H groups in total. The van der Waals surface area contributed by atoms with Crippen molar-refractivity contribution < 1.29 is 19.2 Å². The van der Waals surface area contributed by atoms with Crippen LogP contribution in [0.2, 0.25) is 0 Å². The maximum atomic E-state index is 13.0. The summed E-state index contributed by atoms with van der Waals surface area (Å²) in [5.74, 6) is -1.25. The number of nitrogens with zero attached hydrogens (tertiary/aromatic N) is 1. The molecule has 0 aliphatic rings. The molecule has 8 nitrogen and oxygen atoms in total. The molecule has 0 aliphatic heterocycles. The van der Waals surface area contributed by atoms with Crippen LogP contribution in [0.15, 0.2) is 0 Å². The van der Waals surface area contributed by atoms with Crippen molar-refractivity contribution in [2.45, 2.75) is 73.4 Å². The zero-order chi connectivity index (χ0) is 23.6. The molecule has 0 aliphatic carbocycles. The Kier molecular flexibility index (Phi) is 11.8. The first-order chi connectivity index (χ1) is 13.7. The Hall–Kier alpha value is -1.96. The van der Waals surface area contributed by atoms with Crippen molar-refractivity contribution in [3.63, 3.8) is 0 Å². The number of nitrogens with one attached hydrogen (secondary N) is 3. The van der Waals surface area contributed by atoms with E-state index in [9.17, 15) is 19.2 Å². The number of rotatable bonds is 12. The summed E-state index contributed by atoms with van der Waals surface area (Å²) in [6, 6.07) is -1.05. The molecule has 0 heterocycles. The molecule has 0 spiro atoms. The number of likely N-dealkylation sites (N-methyl/N-ethyl adjacent to an activating group) is 2. The van der Waals surface area contributed by atoms with Crippen LogP contribution in [0, 0.1) is 17.3 Å². The summed E-state index contributed by atoms with van der Waals surface area (Å²) >= 11 is 0. The molecular weight excluding hydrogens is 384 g/mol. The molecule has 8 heteroatoms. The van der Waals surface area contributed by atoms with E-state index in [0.717, 1.165) is 0 Å². The normalized spacial score (nSPS) is 14.6. The molecule has 3 amide bonds. The number of hydrogen-bond acceptors (Lipinski definition) is 5. The summed E-state index contributed by atoms with van der Waals surface area (Å²) in [5.41, 5.74) is -0.603. The minimum Gasteiger partial charge on any atom is -0.353 e. The molecular formula is C22H42N4O4. The van der Waals surface area contributed by atoms with E-state index in [2.05, 4.69) is 16.0 Å². The van der Waals surface area contributed by atoms with Crippen molar-refractivity contribution >= 4 is 23.5 Å². The summed E-state index contributed by atoms with van der Waals surface area (Å²) in [7, 11) is 3.35. The van der Waals surface area contributed by atoms with Gasteiger partial charge in [0.05, 0.1) is 0 Å². The van der Waals surface area contributed by atoms with E-state index in [1.165, 1.54) is 4.90 Å². The SMILES string of the molecule is CNCCNC(=O)C(CC(=O)C(C)(C)C)N(C)C(=O)C(C)CC(C)NC(=O)C(C)C. The van der Waals surface area contributed by atoms with Crippen molar-refractivity contribution in [3.8, 4) is 0 Å². The van der Waals surface area contributed by atoms with Crippen LogP contribution < -0.4 is 16.0 Å². The monoisotopic (exact) mass is 426 g/mol. The van der Waals surface area contributed by atoms with Crippen LogP contribution in [-0.4, -0.2) is 67.7 Å². The summed E-state index contributed by atoms with van der Waals surface area (Å²) in [6.07, 6.45) is 0.409. The van der Waals surface area contributed by atoms with E-state index in [-0.39, 0.29) is 41.9 Å². The lowest BCUT2D eigenvalue weighted by Crippen LogP contribution is -2.52. The van der Waals surface area contributed by atoms with Crippen molar-refractivity contribution in [2.24, 2.45) is 17.3 Å². The number of carbonyl (C=O) groups is 4. The third-order valence-corrected chi connectivity index (χ3v) is 5.05. The second-order valence-electron chi connectivity index (χ2n) is 9.44. The first-order valence-electron chi connectivity index (χ1n) is 10.7. The molecule has 3 unspecified atom stereocenters. The Bertz CT molecular complexity index is 598. The van der Waals surface area contributed by atoms with E-state index in [1.54, 1.807) is 41.8 Å². The molecule has 0 saturated heterocycles. The Morgan fingerprint density at radius 3 is 1.97 bits per heavy atom. The van der Waals surface area contributed by atoms with Gasteiger partial charge >= 0.3 is 0 Å². The zero-order valence-corrected chi connectivity index (χ0v) is 20.2. The number of carbonyl (C=O) groups excluding carboxylic acids is 4. The molecule has 0 aromatic rings. The van der Waals surface area contributed by atoms with Crippen molar-refractivity contribution in [3.05, 3.63) is 0 Å². The molecule has 0 saturated carbocycles. The largest absolute Gasteiger partial charge is 0.353 e. The maximum absolute atomic E-state index is 13.0. The van der Waals surface area contributed by atoms with Crippen LogP contribution >= 0.6 is 0 Å². The quantitative estimate of drug-likeness (QED) is 0.408. The molecule has 3 atom stereocenters. The number of Topliss-reactive ketones (excluding diaryl/α,β-unsaturated/α-hetero) is 1. The Balaban J connectivity index is 5.27. The summed E-state index contributed by atoms with van der Waals surface area (Å²) < 4.78 is 0. The smallest absolute Gasteiger partial charge is 0.243 e. The average Bonchev–Trinajstić information content (AvgIpc) is 2.63. The van der Waals surface area contributed by atoms with Crippen LogP contribution in [0.3, 0.4) is 0 Å². The number of ketones is 1. The van der Waals surface area contributed by atoms with Crippen molar-refractivity contribution in [1.29, 1.82) is 0 Å². The summed E-state index contributed by atoms with van der Waals surface area (Å²) in [6.45, 7) is 13.7. The van der Waals surface area contributed by atoms with E-state index in [0.29, 0.717) is 19.5 Å². The zero-order valence-electron chi connectivity index (χ0n) is 20.2. The summed E-state index contributed by atoms with van der Waals surface area (Å²) in [5, 5.41) is 8.63. The van der Waals surface area contributed by atoms with Crippen molar-refractivity contribution in [2.75, 3.05) is 27.2 Å². The molecule has 0 aromatic heterocycles. The van der Waals surface area contributed by atoms with E-state index < -0.39 is 17.4 Å². The van der Waals surface area contributed by atoms with Gasteiger partial charge in [0, 0.05) is 49.9 Å². The fourth-order valence-corrected chi connectivity index (χ4v) is 2.92. The molecule has 0 fully saturated rings. The number of hydrogen-bond donors (Lipinski definition) is 3. The molecule has 0 aromatic carbocycles. The molecule has 30 heavy (non-hydrogen) atoms.